The third-order valence-corrected chi connectivity index (χ3v) is 3.23. The number of anilines is 1. The first-order chi connectivity index (χ1) is 9.24. The molecule has 1 aromatic rings. The van der Waals surface area contributed by atoms with Gasteiger partial charge in [-0.1, -0.05) is 0 Å². The van der Waals surface area contributed by atoms with E-state index in [9.17, 15) is 0 Å². The third-order valence-electron chi connectivity index (χ3n) is 3.23. The van der Waals surface area contributed by atoms with E-state index in [1.165, 1.54) is 0 Å². The molecule has 1 aliphatic heterocycles. The maximum absolute atomic E-state index is 5.86. The Hall–Kier alpha value is -1.20. The van der Waals surface area contributed by atoms with Crippen LogP contribution < -0.4 is 10.6 Å². The Morgan fingerprint density at radius 2 is 2.11 bits per heavy atom. The highest BCUT2D eigenvalue weighted by molar-refractivity contribution is 5.35. The molecule has 2 rings (SSSR count). The highest BCUT2D eigenvalue weighted by atomic mass is 16.5. The molecule has 0 aliphatic carbocycles. The minimum Gasteiger partial charge on any atom is -0.378 e. The molecule has 0 spiro atoms. The van der Waals surface area contributed by atoms with Crippen LogP contribution in [0.5, 0.6) is 0 Å². The maximum atomic E-state index is 5.86. The fourth-order valence-electron chi connectivity index (χ4n) is 2.31. The van der Waals surface area contributed by atoms with E-state index in [0.717, 1.165) is 62.8 Å². The van der Waals surface area contributed by atoms with Gasteiger partial charge in [0.2, 0.25) is 0 Å². The number of aromatic nitrogens is 2. The molecular weight excluding hydrogens is 240 g/mol. The minimum atomic E-state index is 0.449. The number of ether oxygens (including phenoxy) is 1. The van der Waals surface area contributed by atoms with Crippen molar-refractivity contribution in [2.75, 3.05) is 31.6 Å². The van der Waals surface area contributed by atoms with Crippen LogP contribution in [0.2, 0.25) is 0 Å². The van der Waals surface area contributed by atoms with Gasteiger partial charge in [-0.15, -0.1) is 0 Å². The van der Waals surface area contributed by atoms with Gasteiger partial charge in [0.1, 0.15) is 11.6 Å². The summed E-state index contributed by atoms with van der Waals surface area (Å²) in [5.74, 6) is 1.72. The van der Waals surface area contributed by atoms with E-state index >= 15 is 0 Å². The highest BCUT2D eigenvalue weighted by Gasteiger charge is 2.12. The predicted octanol–water partition coefficient (Wildman–Crippen LogP) is 1.66. The number of piperidine rings is 1. The highest BCUT2D eigenvalue weighted by Crippen LogP contribution is 2.08. The van der Waals surface area contributed by atoms with Crippen molar-refractivity contribution in [1.29, 1.82) is 0 Å². The van der Waals surface area contributed by atoms with Gasteiger partial charge in [-0.2, -0.15) is 0 Å². The van der Waals surface area contributed by atoms with Crippen LogP contribution in [0.3, 0.4) is 0 Å². The topological polar surface area (TPSA) is 59.1 Å². The van der Waals surface area contributed by atoms with Crippen molar-refractivity contribution < 1.29 is 4.74 Å². The molecule has 0 unspecified atom stereocenters. The second-order valence-electron chi connectivity index (χ2n) is 5.04. The van der Waals surface area contributed by atoms with Crippen LogP contribution in [0.15, 0.2) is 6.07 Å². The molecule has 0 atom stereocenters. The summed E-state index contributed by atoms with van der Waals surface area (Å²) in [5.41, 5.74) is 1.00. The van der Waals surface area contributed by atoms with Crippen LogP contribution in [0, 0.1) is 13.8 Å². The van der Waals surface area contributed by atoms with E-state index in [4.69, 9.17) is 4.74 Å². The number of nitrogens with zero attached hydrogens (tertiary/aromatic N) is 2. The summed E-state index contributed by atoms with van der Waals surface area (Å²) in [7, 11) is 0. The number of nitrogens with one attached hydrogen (secondary N) is 2. The van der Waals surface area contributed by atoms with E-state index in [1.807, 2.05) is 19.9 Å². The Kier molecular flexibility index (Phi) is 5.54. The molecule has 0 aromatic carbocycles. The van der Waals surface area contributed by atoms with Crippen molar-refractivity contribution >= 4 is 5.82 Å². The Morgan fingerprint density at radius 3 is 2.84 bits per heavy atom. The van der Waals surface area contributed by atoms with Crippen molar-refractivity contribution in [3.8, 4) is 0 Å². The quantitative estimate of drug-likeness (QED) is 0.765. The second-order valence-corrected chi connectivity index (χ2v) is 5.04. The van der Waals surface area contributed by atoms with Gasteiger partial charge in [-0.3, -0.25) is 0 Å². The van der Waals surface area contributed by atoms with Gasteiger partial charge in [0.05, 0.1) is 6.10 Å². The van der Waals surface area contributed by atoms with Crippen LogP contribution in [-0.4, -0.2) is 42.3 Å². The fourth-order valence-corrected chi connectivity index (χ4v) is 2.31. The molecule has 1 aliphatic rings. The van der Waals surface area contributed by atoms with Crippen molar-refractivity contribution in [2.24, 2.45) is 0 Å². The van der Waals surface area contributed by atoms with Gasteiger partial charge in [0.25, 0.3) is 0 Å². The van der Waals surface area contributed by atoms with Crippen LogP contribution in [0.1, 0.15) is 30.8 Å². The average Bonchev–Trinajstić information content (AvgIpc) is 2.38. The Balaban J connectivity index is 1.60. The molecule has 1 saturated heterocycles. The molecule has 2 heterocycles. The van der Waals surface area contributed by atoms with E-state index in [2.05, 4.69) is 20.6 Å². The SMILES string of the molecule is Cc1cc(NCCCOC2CCNCC2)nc(C)n1. The Labute approximate surface area is 115 Å². The number of hydrogen-bond acceptors (Lipinski definition) is 5. The molecule has 106 valence electrons. The molecule has 2 N–H and O–H groups in total. The van der Waals surface area contributed by atoms with Crippen LogP contribution >= 0.6 is 0 Å². The summed E-state index contributed by atoms with van der Waals surface area (Å²) in [6.45, 7) is 7.78. The van der Waals surface area contributed by atoms with Gasteiger partial charge in [-0.25, -0.2) is 9.97 Å². The summed E-state index contributed by atoms with van der Waals surface area (Å²) in [6, 6.07) is 1.97. The molecular formula is C14H24N4O. The maximum Gasteiger partial charge on any atom is 0.129 e. The number of hydrogen-bond donors (Lipinski definition) is 2. The van der Waals surface area contributed by atoms with E-state index < -0.39 is 0 Å². The molecule has 0 saturated carbocycles. The summed E-state index contributed by atoms with van der Waals surface area (Å²) >= 11 is 0. The molecule has 5 nitrogen and oxygen atoms in total. The first-order valence-corrected chi connectivity index (χ1v) is 7.12. The zero-order valence-electron chi connectivity index (χ0n) is 11.9. The molecule has 0 bridgehead atoms. The van der Waals surface area contributed by atoms with E-state index in [0.29, 0.717) is 6.10 Å². The monoisotopic (exact) mass is 264 g/mol. The van der Waals surface area contributed by atoms with Gasteiger partial charge < -0.3 is 15.4 Å². The average molecular weight is 264 g/mol. The smallest absolute Gasteiger partial charge is 0.129 e. The zero-order valence-corrected chi connectivity index (χ0v) is 11.9. The minimum absolute atomic E-state index is 0.449. The zero-order chi connectivity index (χ0) is 13.5. The molecule has 0 amide bonds. The lowest BCUT2D eigenvalue weighted by molar-refractivity contribution is 0.0329. The molecule has 0 radical (unpaired) electrons. The van der Waals surface area contributed by atoms with Gasteiger partial charge >= 0.3 is 0 Å². The third kappa shape index (κ3) is 5.12. The van der Waals surface area contributed by atoms with Gasteiger partial charge in [0.15, 0.2) is 0 Å². The number of aryl methyl sites for hydroxylation is 2. The summed E-state index contributed by atoms with van der Waals surface area (Å²) in [5, 5.41) is 6.66. The van der Waals surface area contributed by atoms with Crippen molar-refractivity contribution in [3.05, 3.63) is 17.6 Å². The Morgan fingerprint density at radius 1 is 1.32 bits per heavy atom. The normalized spacial score (nSPS) is 16.5. The Bertz CT molecular complexity index is 371. The van der Waals surface area contributed by atoms with Crippen LogP contribution in [0.4, 0.5) is 5.82 Å². The summed E-state index contributed by atoms with van der Waals surface area (Å²) < 4.78 is 5.86. The number of rotatable bonds is 6. The summed E-state index contributed by atoms with van der Waals surface area (Å²) in [6.07, 6.45) is 3.73. The predicted molar refractivity (Wildman–Crippen MR) is 76.5 cm³/mol. The largest absolute Gasteiger partial charge is 0.378 e. The lowest BCUT2D eigenvalue weighted by atomic mass is 10.1. The second kappa shape index (κ2) is 7.40. The van der Waals surface area contributed by atoms with E-state index in [-0.39, 0.29) is 0 Å². The van der Waals surface area contributed by atoms with Gasteiger partial charge in [0, 0.05) is 24.9 Å². The molecule has 1 fully saturated rings. The summed E-state index contributed by atoms with van der Waals surface area (Å²) in [4.78, 5) is 8.61. The van der Waals surface area contributed by atoms with Crippen molar-refractivity contribution in [2.45, 2.75) is 39.2 Å². The van der Waals surface area contributed by atoms with Crippen molar-refractivity contribution in [3.63, 3.8) is 0 Å². The lowest BCUT2D eigenvalue weighted by Gasteiger charge is -2.22. The molecule has 1 aromatic heterocycles. The lowest BCUT2D eigenvalue weighted by Crippen LogP contribution is -2.32. The standard InChI is InChI=1S/C14H24N4O/c1-11-10-14(18-12(2)17-11)16-6-3-9-19-13-4-7-15-8-5-13/h10,13,15H,3-9H2,1-2H3,(H,16,17,18). The molecule has 19 heavy (non-hydrogen) atoms. The van der Waals surface area contributed by atoms with Crippen molar-refractivity contribution in [1.82, 2.24) is 15.3 Å². The van der Waals surface area contributed by atoms with Gasteiger partial charge in [-0.05, 0) is 46.2 Å². The first-order valence-electron chi connectivity index (χ1n) is 7.12. The van der Waals surface area contributed by atoms with Crippen LogP contribution in [-0.2, 0) is 4.74 Å². The van der Waals surface area contributed by atoms with Crippen LogP contribution in [0.25, 0.3) is 0 Å². The first kappa shape index (κ1) is 14.2. The fraction of sp³-hybridized carbons (Fsp3) is 0.714. The van der Waals surface area contributed by atoms with E-state index in [1.54, 1.807) is 0 Å². The molecule has 5 heteroatoms.